The minimum absolute atomic E-state index is 0.131. The lowest BCUT2D eigenvalue weighted by Gasteiger charge is -2.31. The molecular weight excluding hydrogens is 456 g/mol. The molecule has 0 atom stereocenters. The van der Waals surface area contributed by atoms with Crippen LogP contribution in [0.5, 0.6) is 0 Å². The third-order valence-electron chi connectivity index (χ3n) is 6.97. The molecule has 2 aliphatic heterocycles. The van der Waals surface area contributed by atoms with Crippen molar-refractivity contribution >= 4 is 28.9 Å². The quantitative estimate of drug-likeness (QED) is 0.461. The number of hydrogen-bond donors (Lipinski definition) is 1. The number of allylic oxidation sites excluding steroid dienone is 1. The molecule has 2 aliphatic rings. The van der Waals surface area contributed by atoms with Crippen LogP contribution in [-0.4, -0.2) is 61.2 Å². The van der Waals surface area contributed by atoms with Gasteiger partial charge in [-0.15, -0.1) is 0 Å². The van der Waals surface area contributed by atoms with Crippen molar-refractivity contribution in [3.63, 3.8) is 0 Å². The van der Waals surface area contributed by atoms with Gasteiger partial charge in [0.25, 0.3) is 0 Å². The zero-order valence-electron chi connectivity index (χ0n) is 20.2. The van der Waals surface area contributed by atoms with Crippen LogP contribution in [-0.2, 0) is 11.3 Å². The Morgan fingerprint density at radius 3 is 2.75 bits per heavy atom. The maximum Gasteiger partial charge on any atom is 0.219 e. The molecule has 1 fully saturated rings. The predicted octanol–water partition coefficient (Wildman–Crippen LogP) is 3.72. The normalized spacial score (nSPS) is 16.6. The summed E-state index contributed by atoms with van der Waals surface area (Å²) in [5.41, 5.74) is 10.6. The lowest BCUT2D eigenvalue weighted by atomic mass is 10.0. The molecule has 4 aromatic heterocycles. The number of dihydropyridines is 1. The maximum atomic E-state index is 11.6. The van der Waals surface area contributed by atoms with E-state index in [1.807, 2.05) is 45.1 Å². The number of likely N-dealkylation sites (tertiary alicyclic amines) is 1. The second-order valence-electron chi connectivity index (χ2n) is 9.39. The monoisotopic (exact) mass is 484 g/mol. The minimum Gasteiger partial charge on any atom is -0.452 e. The van der Waals surface area contributed by atoms with Gasteiger partial charge in [-0.05, 0) is 30.9 Å². The summed E-state index contributed by atoms with van der Waals surface area (Å²) >= 11 is 0. The first-order valence-corrected chi connectivity index (χ1v) is 12.2. The average Bonchev–Trinajstić information content (AvgIpc) is 3.65. The van der Waals surface area contributed by atoms with Gasteiger partial charge < -0.3 is 15.1 Å². The van der Waals surface area contributed by atoms with Crippen molar-refractivity contribution in [2.45, 2.75) is 38.8 Å². The third kappa shape index (κ3) is 4.19. The number of fused-ring (bicyclic) bond motifs is 1. The molecule has 184 valence electrons. The molecule has 10 heteroatoms. The lowest BCUT2D eigenvalue weighted by molar-refractivity contribution is -0.130. The van der Waals surface area contributed by atoms with Crippen LogP contribution in [0.4, 0.5) is 5.82 Å². The van der Waals surface area contributed by atoms with Gasteiger partial charge in [-0.1, -0.05) is 6.08 Å². The molecule has 0 aliphatic carbocycles. The Morgan fingerprint density at radius 1 is 1.14 bits per heavy atom. The highest BCUT2D eigenvalue weighted by molar-refractivity contribution is 6.00. The lowest BCUT2D eigenvalue weighted by Crippen LogP contribution is -2.37. The SMILES string of the molecule is CC(=O)N1CCC(n2cc(-c3cnc(N)c4oc(-c5cnn(CC6=CCCN=C6)c5)cc34)cn2)CC1. The zero-order valence-corrected chi connectivity index (χ0v) is 20.2. The summed E-state index contributed by atoms with van der Waals surface area (Å²) in [6.07, 6.45) is 16.3. The Labute approximate surface area is 208 Å². The number of aliphatic imine (C=N–C) groups is 1. The molecule has 0 radical (unpaired) electrons. The van der Waals surface area contributed by atoms with Crippen LogP contribution in [0.1, 0.15) is 32.2 Å². The first kappa shape index (κ1) is 22.3. The van der Waals surface area contributed by atoms with E-state index in [0.717, 1.165) is 66.5 Å². The average molecular weight is 485 g/mol. The van der Waals surface area contributed by atoms with Crippen LogP contribution in [0.15, 0.2) is 58.1 Å². The fourth-order valence-electron chi connectivity index (χ4n) is 4.97. The van der Waals surface area contributed by atoms with E-state index >= 15 is 0 Å². The van der Waals surface area contributed by atoms with Crippen LogP contribution >= 0.6 is 0 Å². The Bertz CT molecular complexity index is 1480. The third-order valence-corrected chi connectivity index (χ3v) is 6.97. The summed E-state index contributed by atoms with van der Waals surface area (Å²) in [6.45, 7) is 4.66. The van der Waals surface area contributed by atoms with E-state index in [1.54, 1.807) is 19.3 Å². The van der Waals surface area contributed by atoms with Gasteiger partial charge in [0.2, 0.25) is 5.91 Å². The van der Waals surface area contributed by atoms with Crippen LogP contribution in [0.3, 0.4) is 0 Å². The summed E-state index contributed by atoms with van der Waals surface area (Å²) in [7, 11) is 0. The molecule has 6 rings (SSSR count). The Kier molecular flexibility index (Phi) is 5.63. The van der Waals surface area contributed by atoms with Gasteiger partial charge in [0.1, 0.15) is 5.76 Å². The summed E-state index contributed by atoms with van der Waals surface area (Å²) in [6, 6.07) is 2.26. The van der Waals surface area contributed by atoms with E-state index in [0.29, 0.717) is 23.7 Å². The van der Waals surface area contributed by atoms with Crippen molar-refractivity contribution in [1.29, 1.82) is 0 Å². The van der Waals surface area contributed by atoms with Crippen LogP contribution < -0.4 is 5.73 Å². The van der Waals surface area contributed by atoms with E-state index in [4.69, 9.17) is 10.2 Å². The van der Waals surface area contributed by atoms with E-state index in [1.165, 1.54) is 0 Å². The molecule has 0 unspecified atom stereocenters. The standard InChI is InChI=1S/C26H28N8O2/c1-17(35)32-7-4-21(5-8-32)34-16-19(11-31-34)23-13-29-26(27)25-22(23)9-24(36-25)20-12-30-33(15-20)14-18-3-2-6-28-10-18/h3,9-13,15-16,21H,2,4-8,14H2,1H3,(H2,27,29). The molecule has 0 spiro atoms. The van der Waals surface area contributed by atoms with E-state index in [-0.39, 0.29) is 11.9 Å². The number of rotatable bonds is 5. The Hall–Kier alpha value is -4.21. The summed E-state index contributed by atoms with van der Waals surface area (Å²) in [5, 5.41) is 10.0. The maximum absolute atomic E-state index is 11.6. The largest absolute Gasteiger partial charge is 0.452 e. The van der Waals surface area contributed by atoms with Gasteiger partial charge in [-0.2, -0.15) is 10.2 Å². The van der Waals surface area contributed by atoms with Crippen molar-refractivity contribution in [2.24, 2.45) is 4.99 Å². The number of pyridine rings is 1. The van der Waals surface area contributed by atoms with Gasteiger partial charge >= 0.3 is 0 Å². The number of furan rings is 1. The number of nitrogen functional groups attached to an aromatic ring is 1. The summed E-state index contributed by atoms with van der Waals surface area (Å²) in [4.78, 5) is 22.3. The van der Waals surface area contributed by atoms with E-state index in [9.17, 15) is 4.79 Å². The zero-order chi connectivity index (χ0) is 24.6. The van der Waals surface area contributed by atoms with Crippen LogP contribution in [0, 0.1) is 0 Å². The number of carbonyl (C=O) groups is 1. The second kappa shape index (κ2) is 9.10. The first-order valence-electron chi connectivity index (χ1n) is 12.2. The predicted molar refractivity (Wildman–Crippen MR) is 137 cm³/mol. The van der Waals surface area contributed by atoms with Gasteiger partial charge in [0, 0.05) is 67.9 Å². The fraction of sp³-hybridized carbons (Fsp3) is 0.346. The highest BCUT2D eigenvalue weighted by atomic mass is 16.3. The molecule has 0 aromatic carbocycles. The van der Waals surface area contributed by atoms with Gasteiger partial charge in [0.05, 0.1) is 30.5 Å². The van der Waals surface area contributed by atoms with Gasteiger partial charge in [-0.3, -0.25) is 19.2 Å². The molecular formula is C26H28N8O2. The number of aromatic nitrogens is 5. The van der Waals surface area contributed by atoms with Crippen molar-refractivity contribution < 1.29 is 9.21 Å². The molecule has 1 saturated heterocycles. The number of nitrogens with zero attached hydrogens (tertiary/aromatic N) is 7. The molecule has 6 heterocycles. The molecule has 4 aromatic rings. The van der Waals surface area contributed by atoms with Crippen molar-refractivity contribution in [1.82, 2.24) is 29.4 Å². The number of anilines is 1. The number of piperidine rings is 1. The second-order valence-corrected chi connectivity index (χ2v) is 9.39. The van der Waals surface area contributed by atoms with E-state index < -0.39 is 0 Å². The number of carbonyl (C=O) groups excluding carboxylic acids is 1. The van der Waals surface area contributed by atoms with Gasteiger partial charge in [0.15, 0.2) is 11.4 Å². The Balaban J connectivity index is 1.27. The first-order chi connectivity index (χ1) is 17.5. The van der Waals surface area contributed by atoms with Crippen LogP contribution in [0.25, 0.3) is 33.4 Å². The van der Waals surface area contributed by atoms with Crippen molar-refractivity contribution in [3.8, 4) is 22.5 Å². The highest BCUT2D eigenvalue weighted by Gasteiger charge is 2.23. The molecule has 0 saturated carbocycles. The van der Waals surface area contributed by atoms with Gasteiger partial charge in [-0.25, -0.2) is 4.98 Å². The molecule has 2 N–H and O–H groups in total. The summed E-state index contributed by atoms with van der Waals surface area (Å²) in [5.74, 6) is 1.17. The molecule has 0 bridgehead atoms. The number of nitrogens with two attached hydrogens (primary N) is 1. The molecule has 10 nitrogen and oxygen atoms in total. The molecule has 36 heavy (non-hydrogen) atoms. The number of hydrogen-bond acceptors (Lipinski definition) is 7. The highest BCUT2D eigenvalue weighted by Crippen LogP contribution is 2.37. The number of amides is 1. The van der Waals surface area contributed by atoms with Crippen molar-refractivity contribution in [2.75, 3.05) is 25.4 Å². The topological polar surface area (TPSA) is 120 Å². The molecule has 1 amide bonds. The van der Waals surface area contributed by atoms with Crippen molar-refractivity contribution in [3.05, 3.63) is 48.7 Å². The smallest absolute Gasteiger partial charge is 0.219 e. The van der Waals surface area contributed by atoms with Crippen LogP contribution in [0.2, 0.25) is 0 Å². The Morgan fingerprint density at radius 2 is 1.97 bits per heavy atom. The minimum atomic E-state index is 0.131. The van der Waals surface area contributed by atoms with E-state index in [2.05, 4.69) is 26.2 Å². The summed E-state index contributed by atoms with van der Waals surface area (Å²) < 4.78 is 10.0. The fourth-order valence-corrected chi connectivity index (χ4v) is 4.97.